The van der Waals surface area contributed by atoms with E-state index in [1.165, 1.54) is 6.92 Å². The zero-order valence-corrected chi connectivity index (χ0v) is 15.7. The fraction of sp³-hybridized carbons (Fsp3) is 0.0455. The number of ketones is 1. The van der Waals surface area contributed by atoms with Gasteiger partial charge in [0.15, 0.2) is 5.78 Å². The van der Waals surface area contributed by atoms with Gasteiger partial charge in [-0.1, -0.05) is 35.9 Å². The third-order valence-corrected chi connectivity index (χ3v) is 4.69. The first-order chi connectivity index (χ1) is 13.5. The molecule has 0 saturated heterocycles. The van der Waals surface area contributed by atoms with E-state index in [-0.39, 0.29) is 11.7 Å². The Balaban J connectivity index is 1.62. The van der Waals surface area contributed by atoms with Crippen LogP contribution in [0.3, 0.4) is 0 Å². The van der Waals surface area contributed by atoms with E-state index < -0.39 is 0 Å². The summed E-state index contributed by atoms with van der Waals surface area (Å²) < 4.78 is 0. The molecule has 0 fully saturated rings. The Labute approximate surface area is 166 Å². The Bertz CT molecular complexity index is 1210. The van der Waals surface area contributed by atoms with Crippen LogP contribution in [0.2, 0.25) is 5.02 Å². The molecule has 0 aliphatic rings. The van der Waals surface area contributed by atoms with Crippen molar-refractivity contribution < 1.29 is 9.59 Å². The first-order valence-corrected chi connectivity index (χ1v) is 9.05. The highest BCUT2D eigenvalue weighted by Crippen LogP contribution is 2.28. The molecule has 3 aromatic carbocycles. The number of halogens is 1. The molecule has 4 rings (SSSR count). The lowest BCUT2D eigenvalue weighted by Crippen LogP contribution is -2.12. The molecular formula is C22H16ClN3O2. The minimum atomic E-state index is -0.262. The number of hydrogen-bond acceptors (Lipinski definition) is 3. The Morgan fingerprint density at radius 3 is 2.57 bits per heavy atom. The lowest BCUT2D eigenvalue weighted by Gasteiger charge is -2.07. The molecule has 4 aromatic rings. The van der Waals surface area contributed by atoms with Crippen molar-refractivity contribution in [3.63, 3.8) is 0 Å². The number of aromatic nitrogens is 2. The smallest absolute Gasteiger partial charge is 0.255 e. The van der Waals surface area contributed by atoms with Crippen LogP contribution in [-0.2, 0) is 0 Å². The molecule has 0 aliphatic carbocycles. The number of fused-ring (bicyclic) bond motifs is 1. The van der Waals surface area contributed by atoms with Crippen LogP contribution in [-0.4, -0.2) is 21.9 Å². The molecule has 1 heterocycles. The van der Waals surface area contributed by atoms with Crippen molar-refractivity contribution >= 4 is 39.9 Å². The van der Waals surface area contributed by atoms with Crippen molar-refractivity contribution in [2.75, 3.05) is 5.32 Å². The average Bonchev–Trinajstić information content (AvgIpc) is 3.11. The van der Waals surface area contributed by atoms with Crippen molar-refractivity contribution in [1.29, 1.82) is 0 Å². The number of H-pyrrole nitrogens is 1. The normalized spacial score (nSPS) is 10.8. The molecular weight excluding hydrogens is 374 g/mol. The number of nitrogens with one attached hydrogen (secondary N) is 2. The minimum Gasteiger partial charge on any atom is -0.322 e. The highest BCUT2D eigenvalue weighted by molar-refractivity contribution is 6.30. The highest BCUT2D eigenvalue weighted by Gasteiger charge is 2.13. The van der Waals surface area contributed by atoms with Gasteiger partial charge in [-0.05, 0) is 49.4 Å². The summed E-state index contributed by atoms with van der Waals surface area (Å²) in [6.07, 6.45) is 0. The molecule has 28 heavy (non-hydrogen) atoms. The number of hydrogen-bond donors (Lipinski definition) is 2. The molecule has 0 atom stereocenters. The van der Waals surface area contributed by atoms with E-state index in [4.69, 9.17) is 11.6 Å². The summed E-state index contributed by atoms with van der Waals surface area (Å²) in [5.74, 6) is -0.315. The molecule has 0 spiro atoms. The summed E-state index contributed by atoms with van der Waals surface area (Å²) in [7, 11) is 0. The first kappa shape index (κ1) is 17.9. The molecule has 6 heteroatoms. The number of benzene rings is 3. The van der Waals surface area contributed by atoms with E-state index in [0.717, 1.165) is 22.2 Å². The van der Waals surface area contributed by atoms with Gasteiger partial charge in [-0.3, -0.25) is 14.7 Å². The molecule has 0 saturated carbocycles. The Morgan fingerprint density at radius 2 is 1.79 bits per heavy atom. The van der Waals surface area contributed by atoms with Crippen LogP contribution in [0.25, 0.3) is 22.2 Å². The summed E-state index contributed by atoms with van der Waals surface area (Å²) in [4.78, 5) is 24.1. The van der Waals surface area contributed by atoms with Gasteiger partial charge in [0.25, 0.3) is 5.91 Å². The van der Waals surface area contributed by atoms with Crippen molar-refractivity contribution in [2.24, 2.45) is 0 Å². The van der Waals surface area contributed by atoms with Crippen LogP contribution in [0, 0.1) is 0 Å². The number of Topliss-reactive ketones (excluding diaryl/α,β-unsaturated/α-hetero) is 1. The van der Waals surface area contributed by atoms with Gasteiger partial charge < -0.3 is 5.32 Å². The monoisotopic (exact) mass is 389 g/mol. The number of nitrogens with zero attached hydrogens (tertiary/aromatic N) is 1. The average molecular weight is 390 g/mol. The van der Waals surface area contributed by atoms with Crippen molar-refractivity contribution in [3.05, 3.63) is 82.9 Å². The number of carbonyl (C=O) groups is 2. The summed E-state index contributed by atoms with van der Waals surface area (Å²) in [5, 5.41) is 11.7. The SMILES string of the molecule is CC(=O)c1cccc(NC(=O)c2ccc3c(-c4cccc(Cl)c4)n[nH]c3c2)c1. The van der Waals surface area contributed by atoms with Crippen LogP contribution < -0.4 is 5.32 Å². The van der Waals surface area contributed by atoms with Gasteiger partial charge in [0.05, 0.1) is 11.2 Å². The van der Waals surface area contributed by atoms with Crippen LogP contribution in [0.15, 0.2) is 66.7 Å². The molecule has 5 nitrogen and oxygen atoms in total. The van der Waals surface area contributed by atoms with E-state index in [1.807, 2.05) is 30.3 Å². The Hall–Kier alpha value is -3.44. The molecule has 2 N–H and O–H groups in total. The third-order valence-electron chi connectivity index (χ3n) is 4.45. The second kappa shape index (κ2) is 7.29. The molecule has 0 radical (unpaired) electrons. The largest absolute Gasteiger partial charge is 0.322 e. The lowest BCUT2D eigenvalue weighted by atomic mass is 10.1. The maximum Gasteiger partial charge on any atom is 0.255 e. The van der Waals surface area contributed by atoms with Gasteiger partial charge in [0.1, 0.15) is 0 Å². The summed E-state index contributed by atoms with van der Waals surface area (Å²) in [6, 6.07) is 19.7. The zero-order chi connectivity index (χ0) is 19.7. The van der Waals surface area contributed by atoms with Crippen LogP contribution in [0.1, 0.15) is 27.6 Å². The van der Waals surface area contributed by atoms with Gasteiger partial charge in [-0.15, -0.1) is 0 Å². The van der Waals surface area contributed by atoms with Gasteiger partial charge in [0.2, 0.25) is 0 Å². The fourth-order valence-electron chi connectivity index (χ4n) is 3.04. The minimum absolute atomic E-state index is 0.0523. The number of rotatable bonds is 4. The lowest BCUT2D eigenvalue weighted by molar-refractivity contribution is 0.101. The molecule has 138 valence electrons. The van der Waals surface area contributed by atoms with Crippen molar-refractivity contribution in [3.8, 4) is 11.3 Å². The maximum atomic E-state index is 12.6. The standard InChI is InChI=1S/C22H16ClN3O2/c1-13(27)14-4-3-7-18(11-14)24-22(28)16-8-9-19-20(12-16)25-26-21(19)15-5-2-6-17(23)10-15/h2-12H,1H3,(H,24,28)(H,25,26). The molecule has 1 aromatic heterocycles. The van der Waals surface area contributed by atoms with E-state index in [1.54, 1.807) is 36.4 Å². The number of aromatic amines is 1. The number of anilines is 1. The van der Waals surface area contributed by atoms with Crippen molar-refractivity contribution in [1.82, 2.24) is 10.2 Å². The van der Waals surface area contributed by atoms with Gasteiger partial charge in [-0.2, -0.15) is 5.10 Å². The highest BCUT2D eigenvalue weighted by atomic mass is 35.5. The fourth-order valence-corrected chi connectivity index (χ4v) is 3.23. The molecule has 0 unspecified atom stereocenters. The summed E-state index contributed by atoms with van der Waals surface area (Å²) in [6.45, 7) is 1.49. The second-order valence-electron chi connectivity index (χ2n) is 6.43. The van der Waals surface area contributed by atoms with Gasteiger partial charge in [0, 0.05) is 32.8 Å². The van der Waals surface area contributed by atoms with Crippen LogP contribution >= 0.6 is 11.6 Å². The third kappa shape index (κ3) is 3.52. The Kier molecular flexibility index (Phi) is 4.67. The first-order valence-electron chi connectivity index (χ1n) is 8.68. The Morgan fingerprint density at radius 1 is 0.964 bits per heavy atom. The van der Waals surface area contributed by atoms with E-state index in [0.29, 0.717) is 21.8 Å². The number of amides is 1. The van der Waals surface area contributed by atoms with E-state index in [2.05, 4.69) is 15.5 Å². The predicted molar refractivity (Wildman–Crippen MR) is 111 cm³/mol. The summed E-state index contributed by atoms with van der Waals surface area (Å²) >= 11 is 6.08. The molecule has 1 amide bonds. The summed E-state index contributed by atoms with van der Waals surface area (Å²) in [5.41, 5.74) is 4.03. The predicted octanol–water partition coefficient (Wildman–Crippen LogP) is 5.34. The van der Waals surface area contributed by atoms with Crippen LogP contribution in [0.5, 0.6) is 0 Å². The van der Waals surface area contributed by atoms with Gasteiger partial charge >= 0.3 is 0 Å². The quantitative estimate of drug-likeness (QED) is 0.463. The second-order valence-corrected chi connectivity index (χ2v) is 6.87. The molecule has 0 aliphatic heterocycles. The van der Waals surface area contributed by atoms with Gasteiger partial charge in [-0.25, -0.2) is 0 Å². The topological polar surface area (TPSA) is 74.8 Å². The molecule has 0 bridgehead atoms. The number of carbonyl (C=O) groups excluding carboxylic acids is 2. The van der Waals surface area contributed by atoms with E-state index in [9.17, 15) is 9.59 Å². The van der Waals surface area contributed by atoms with Crippen molar-refractivity contribution in [2.45, 2.75) is 6.92 Å². The maximum absolute atomic E-state index is 12.6. The van der Waals surface area contributed by atoms with E-state index >= 15 is 0 Å². The van der Waals surface area contributed by atoms with Crippen LogP contribution in [0.4, 0.5) is 5.69 Å². The zero-order valence-electron chi connectivity index (χ0n) is 15.0.